The van der Waals surface area contributed by atoms with Gasteiger partial charge in [-0.1, -0.05) is 29.8 Å². The lowest BCUT2D eigenvalue weighted by Crippen LogP contribution is -1.96. The Balaban J connectivity index is 2.88. The van der Waals surface area contributed by atoms with Gasteiger partial charge in [0, 0.05) is 10.6 Å². The van der Waals surface area contributed by atoms with E-state index < -0.39 is 6.10 Å². The molecule has 1 unspecified atom stereocenters. The highest BCUT2D eigenvalue weighted by Gasteiger charge is 2.09. The van der Waals surface area contributed by atoms with Crippen LogP contribution in [0.3, 0.4) is 0 Å². The Kier molecular flexibility index (Phi) is 3.09. The molecule has 1 atom stereocenters. The van der Waals surface area contributed by atoms with Crippen LogP contribution in [0.1, 0.15) is 18.1 Å². The Morgan fingerprint density at radius 3 is 2.75 bits per heavy atom. The standard InChI is InChI=1S/C9H8ClNO/c10-8-4-2-1-3-7(8)9(12)5-6-11/h1-4,9,12H,5H2. The molecule has 62 valence electrons. The van der Waals surface area contributed by atoms with Crippen LogP contribution >= 0.6 is 11.6 Å². The smallest absolute Gasteiger partial charge is 0.0934 e. The van der Waals surface area contributed by atoms with Crippen LogP contribution in [-0.4, -0.2) is 5.11 Å². The molecule has 0 aliphatic rings. The Hall–Kier alpha value is -1.04. The van der Waals surface area contributed by atoms with E-state index >= 15 is 0 Å². The van der Waals surface area contributed by atoms with Crippen molar-refractivity contribution in [3.05, 3.63) is 34.9 Å². The number of hydrogen-bond acceptors (Lipinski definition) is 2. The molecule has 3 heteroatoms. The van der Waals surface area contributed by atoms with Gasteiger partial charge in [-0.2, -0.15) is 5.26 Å². The van der Waals surface area contributed by atoms with Crippen LogP contribution in [0.15, 0.2) is 24.3 Å². The van der Waals surface area contributed by atoms with Crippen molar-refractivity contribution < 1.29 is 5.11 Å². The van der Waals surface area contributed by atoms with Crippen LogP contribution < -0.4 is 0 Å². The highest BCUT2D eigenvalue weighted by atomic mass is 35.5. The highest BCUT2D eigenvalue weighted by molar-refractivity contribution is 6.31. The number of nitrogens with zero attached hydrogens (tertiary/aromatic N) is 1. The number of aliphatic hydroxyl groups excluding tert-OH is 1. The number of hydrogen-bond donors (Lipinski definition) is 1. The van der Waals surface area contributed by atoms with Crippen LogP contribution in [0.25, 0.3) is 0 Å². The molecular formula is C9H8ClNO. The lowest BCUT2D eigenvalue weighted by Gasteiger charge is -2.07. The molecule has 0 saturated carbocycles. The quantitative estimate of drug-likeness (QED) is 0.761. The van der Waals surface area contributed by atoms with Crippen molar-refractivity contribution in [3.8, 4) is 6.07 Å². The maximum atomic E-state index is 9.39. The van der Waals surface area contributed by atoms with E-state index in [-0.39, 0.29) is 6.42 Å². The third-order valence-corrected chi connectivity index (χ3v) is 1.89. The Morgan fingerprint density at radius 1 is 1.50 bits per heavy atom. The minimum absolute atomic E-state index is 0.0731. The van der Waals surface area contributed by atoms with Crippen molar-refractivity contribution >= 4 is 11.6 Å². The first kappa shape index (κ1) is 9.05. The number of rotatable bonds is 2. The van der Waals surface area contributed by atoms with Gasteiger partial charge in [-0.3, -0.25) is 0 Å². The molecule has 12 heavy (non-hydrogen) atoms. The minimum Gasteiger partial charge on any atom is -0.387 e. The van der Waals surface area contributed by atoms with Gasteiger partial charge in [0.05, 0.1) is 18.6 Å². The second-order valence-corrected chi connectivity index (χ2v) is 2.81. The van der Waals surface area contributed by atoms with Crippen LogP contribution in [0.4, 0.5) is 0 Å². The fourth-order valence-corrected chi connectivity index (χ4v) is 1.20. The van der Waals surface area contributed by atoms with Crippen molar-refractivity contribution in [2.75, 3.05) is 0 Å². The topological polar surface area (TPSA) is 44.0 Å². The first-order valence-electron chi connectivity index (χ1n) is 3.55. The molecule has 0 aliphatic heterocycles. The number of nitriles is 1. The molecule has 0 fully saturated rings. The normalized spacial score (nSPS) is 12.1. The predicted molar refractivity (Wildman–Crippen MR) is 46.6 cm³/mol. The first-order valence-corrected chi connectivity index (χ1v) is 3.93. The molecule has 1 N–H and O–H groups in total. The summed E-state index contributed by atoms with van der Waals surface area (Å²) < 4.78 is 0. The number of benzene rings is 1. The van der Waals surface area contributed by atoms with Gasteiger partial charge in [0.2, 0.25) is 0 Å². The van der Waals surface area contributed by atoms with E-state index in [2.05, 4.69) is 0 Å². The maximum Gasteiger partial charge on any atom is 0.0934 e. The molecule has 0 amide bonds. The average Bonchev–Trinajstić information content (AvgIpc) is 2.05. The van der Waals surface area contributed by atoms with E-state index in [1.165, 1.54) is 0 Å². The van der Waals surface area contributed by atoms with Crippen LogP contribution in [-0.2, 0) is 0 Å². The zero-order valence-electron chi connectivity index (χ0n) is 6.37. The molecule has 0 saturated heterocycles. The summed E-state index contributed by atoms with van der Waals surface area (Å²) in [4.78, 5) is 0. The van der Waals surface area contributed by atoms with Gasteiger partial charge in [0.25, 0.3) is 0 Å². The van der Waals surface area contributed by atoms with Gasteiger partial charge in [-0.25, -0.2) is 0 Å². The maximum absolute atomic E-state index is 9.39. The minimum atomic E-state index is -0.774. The van der Waals surface area contributed by atoms with E-state index in [9.17, 15) is 5.11 Å². The average molecular weight is 182 g/mol. The van der Waals surface area contributed by atoms with Crippen molar-refractivity contribution in [3.63, 3.8) is 0 Å². The van der Waals surface area contributed by atoms with E-state index in [0.29, 0.717) is 10.6 Å². The summed E-state index contributed by atoms with van der Waals surface area (Å²) in [5, 5.41) is 18.2. The molecule has 0 radical (unpaired) electrons. The van der Waals surface area contributed by atoms with Gasteiger partial charge < -0.3 is 5.11 Å². The predicted octanol–water partition coefficient (Wildman–Crippen LogP) is 2.29. The van der Waals surface area contributed by atoms with Gasteiger partial charge in [-0.15, -0.1) is 0 Å². The molecule has 0 bridgehead atoms. The first-order chi connectivity index (χ1) is 5.75. The summed E-state index contributed by atoms with van der Waals surface area (Å²) in [6.45, 7) is 0. The molecule has 1 aromatic rings. The molecule has 1 aromatic carbocycles. The zero-order chi connectivity index (χ0) is 8.97. The third-order valence-electron chi connectivity index (χ3n) is 1.55. The summed E-state index contributed by atoms with van der Waals surface area (Å²) in [5.74, 6) is 0. The van der Waals surface area contributed by atoms with E-state index in [1.807, 2.05) is 6.07 Å². The monoisotopic (exact) mass is 181 g/mol. The van der Waals surface area contributed by atoms with Gasteiger partial charge in [-0.05, 0) is 6.07 Å². The largest absolute Gasteiger partial charge is 0.387 e. The molecule has 2 nitrogen and oxygen atoms in total. The Bertz CT molecular complexity index is 306. The molecule has 0 heterocycles. The van der Waals surface area contributed by atoms with Crippen molar-refractivity contribution in [1.82, 2.24) is 0 Å². The Labute approximate surface area is 76.0 Å². The molecule has 1 rings (SSSR count). The summed E-state index contributed by atoms with van der Waals surface area (Å²) in [6, 6.07) is 8.85. The fourth-order valence-electron chi connectivity index (χ4n) is 0.942. The molecule has 0 spiro atoms. The SMILES string of the molecule is N#CCC(O)c1ccccc1Cl. The van der Waals surface area contributed by atoms with E-state index in [0.717, 1.165) is 0 Å². The van der Waals surface area contributed by atoms with Crippen LogP contribution in [0, 0.1) is 11.3 Å². The summed E-state index contributed by atoms with van der Waals surface area (Å²) in [6.07, 6.45) is -0.701. The van der Waals surface area contributed by atoms with Crippen molar-refractivity contribution in [2.45, 2.75) is 12.5 Å². The van der Waals surface area contributed by atoms with Crippen LogP contribution in [0.2, 0.25) is 5.02 Å². The highest BCUT2D eigenvalue weighted by Crippen LogP contribution is 2.23. The third kappa shape index (κ3) is 1.97. The lowest BCUT2D eigenvalue weighted by molar-refractivity contribution is 0.183. The van der Waals surface area contributed by atoms with E-state index in [1.54, 1.807) is 24.3 Å². The van der Waals surface area contributed by atoms with E-state index in [4.69, 9.17) is 16.9 Å². The van der Waals surface area contributed by atoms with Gasteiger partial charge in [0.1, 0.15) is 0 Å². The second-order valence-electron chi connectivity index (χ2n) is 2.40. The number of halogens is 1. The fraction of sp³-hybridized carbons (Fsp3) is 0.222. The zero-order valence-corrected chi connectivity index (χ0v) is 7.12. The summed E-state index contributed by atoms with van der Waals surface area (Å²) in [7, 11) is 0. The van der Waals surface area contributed by atoms with Gasteiger partial charge >= 0.3 is 0 Å². The lowest BCUT2D eigenvalue weighted by atomic mass is 10.1. The van der Waals surface area contributed by atoms with Crippen molar-refractivity contribution in [2.24, 2.45) is 0 Å². The van der Waals surface area contributed by atoms with Gasteiger partial charge in [0.15, 0.2) is 0 Å². The number of aliphatic hydroxyl groups is 1. The molecular weight excluding hydrogens is 174 g/mol. The molecule has 0 aliphatic carbocycles. The Morgan fingerprint density at radius 2 is 2.17 bits per heavy atom. The molecule has 0 aromatic heterocycles. The second kappa shape index (κ2) is 4.10. The van der Waals surface area contributed by atoms with Crippen LogP contribution in [0.5, 0.6) is 0 Å². The van der Waals surface area contributed by atoms with Crippen molar-refractivity contribution in [1.29, 1.82) is 5.26 Å². The summed E-state index contributed by atoms with van der Waals surface area (Å²) in [5.41, 5.74) is 0.612. The summed E-state index contributed by atoms with van der Waals surface area (Å²) >= 11 is 5.79.